The second-order valence-electron chi connectivity index (χ2n) is 3.78. The molecule has 1 atom stereocenters. The fraction of sp³-hybridized carbons (Fsp3) is 0.600. The largest absolute Gasteiger partial charge is 0.381 e. The van der Waals surface area contributed by atoms with Crippen LogP contribution in [0.1, 0.15) is 30.3 Å². The lowest BCUT2D eigenvalue weighted by molar-refractivity contribution is 0.0779. The fourth-order valence-corrected chi connectivity index (χ4v) is 2.18. The molecule has 2 heterocycles. The van der Waals surface area contributed by atoms with Crippen molar-refractivity contribution in [1.29, 1.82) is 0 Å². The van der Waals surface area contributed by atoms with Gasteiger partial charge in [-0.2, -0.15) is 0 Å². The van der Waals surface area contributed by atoms with Crippen LogP contribution in [0.3, 0.4) is 0 Å². The Morgan fingerprint density at radius 1 is 1.60 bits per heavy atom. The van der Waals surface area contributed by atoms with Gasteiger partial charge < -0.3 is 9.72 Å². The Bertz CT molecular complexity index is 412. The predicted molar refractivity (Wildman–Crippen MR) is 64.7 cm³/mol. The molecule has 0 radical (unpaired) electrons. The number of hydrogen-bond donors (Lipinski definition) is 1. The Balaban J connectivity index is 2.32. The molecule has 0 spiro atoms. The van der Waals surface area contributed by atoms with Crippen LogP contribution in [0.25, 0.3) is 0 Å². The molecule has 1 N–H and O–H groups in total. The van der Waals surface area contributed by atoms with Gasteiger partial charge in [-0.15, -0.1) is 0 Å². The molecule has 0 aliphatic carbocycles. The lowest BCUT2D eigenvalue weighted by atomic mass is 10.0. The number of ether oxygens (including phenoxy) is 1. The minimum Gasteiger partial charge on any atom is -0.381 e. The first-order chi connectivity index (χ1) is 7.18. The van der Waals surface area contributed by atoms with Gasteiger partial charge >= 0.3 is 0 Å². The van der Waals surface area contributed by atoms with E-state index in [0.29, 0.717) is 10.6 Å². The van der Waals surface area contributed by atoms with Gasteiger partial charge in [-0.05, 0) is 35.7 Å². The van der Waals surface area contributed by atoms with Crippen LogP contribution < -0.4 is 0 Å². The minimum absolute atomic E-state index is 0.368. The Morgan fingerprint density at radius 2 is 2.40 bits per heavy atom. The number of nitrogens with one attached hydrogen (secondary N) is 1. The summed E-state index contributed by atoms with van der Waals surface area (Å²) < 4.78 is 6.96. The van der Waals surface area contributed by atoms with Gasteiger partial charge in [-0.1, -0.05) is 12.2 Å². The third-order valence-electron chi connectivity index (χ3n) is 2.60. The maximum Gasteiger partial charge on any atom is 0.144 e. The van der Waals surface area contributed by atoms with Gasteiger partial charge in [0.1, 0.15) is 10.5 Å². The van der Waals surface area contributed by atoms with Crippen molar-refractivity contribution in [2.75, 3.05) is 13.2 Å². The smallest absolute Gasteiger partial charge is 0.144 e. The van der Waals surface area contributed by atoms with Crippen molar-refractivity contribution in [3.05, 3.63) is 20.6 Å². The molecule has 1 aliphatic heterocycles. The van der Waals surface area contributed by atoms with Gasteiger partial charge in [0.05, 0.1) is 11.1 Å². The van der Waals surface area contributed by atoms with Gasteiger partial charge in [0, 0.05) is 18.2 Å². The molecule has 15 heavy (non-hydrogen) atoms. The molecule has 3 nitrogen and oxygen atoms in total. The number of aryl methyl sites for hydroxylation is 1. The number of H-pyrrole nitrogens is 1. The average Bonchev–Trinajstić information content (AvgIpc) is 2.26. The van der Waals surface area contributed by atoms with Crippen molar-refractivity contribution in [3.8, 4) is 0 Å². The highest BCUT2D eigenvalue weighted by Gasteiger charge is 2.18. The average molecular weight is 289 g/mol. The fourth-order valence-electron chi connectivity index (χ4n) is 1.74. The summed E-state index contributed by atoms with van der Waals surface area (Å²) in [7, 11) is 0. The first-order valence-electron chi connectivity index (χ1n) is 5.02. The van der Waals surface area contributed by atoms with Gasteiger partial charge in [0.25, 0.3) is 0 Å². The molecule has 0 amide bonds. The molecular formula is C10H13BrN2OS. The maximum absolute atomic E-state index is 5.44. The SMILES string of the molecule is Cc1[nH]c(C2CCCOC2)nc(=S)c1Br. The van der Waals surface area contributed by atoms with Crippen LogP contribution in [0, 0.1) is 11.6 Å². The summed E-state index contributed by atoms with van der Waals surface area (Å²) in [5, 5.41) is 0. The highest BCUT2D eigenvalue weighted by Crippen LogP contribution is 2.24. The van der Waals surface area contributed by atoms with E-state index in [2.05, 4.69) is 25.9 Å². The van der Waals surface area contributed by atoms with Crippen LogP contribution in [0.5, 0.6) is 0 Å². The number of aromatic nitrogens is 2. The molecule has 2 rings (SSSR count). The maximum atomic E-state index is 5.44. The highest BCUT2D eigenvalue weighted by atomic mass is 79.9. The van der Waals surface area contributed by atoms with Crippen molar-refractivity contribution < 1.29 is 4.74 Å². The molecule has 1 aliphatic rings. The second-order valence-corrected chi connectivity index (χ2v) is 4.96. The van der Waals surface area contributed by atoms with Crippen molar-refractivity contribution in [2.45, 2.75) is 25.7 Å². The topological polar surface area (TPSA) is 37.9 Å². The molecule has 0 bridgehead atoms. The lowest BCUT2D eigenvalue weighted by Gasteiger charge is -2.21. The van der Waals surface area contributed by atoms with Crippen LogP contribution in [-0.4, -0.2) is 23.2 Å². The Kier molecular flexibility index (Phi) is 3.53. The molecule has 5 heteroatoms. The molecule has 1 aromatic heterocycles. The first kappa shape index (κ1) is 11.2. The molecule has 82 valence electrons. The molecular weight excluding hydrogens is 276 g/mol. The van der Waals surface area contributed by atoms with Crippen LogP contribution in [-0.2, 0) is 4.74 Å². The summed E-state index contributed by atoms with van der Waals surface area (Å²) in [5.41, 5.74) is 1.04. The summed E-state index contributed by atoms with van der Waals surface area (Å²) in [5.74, 6) is 1.33. The van der Waals surface area contributed by atoms with E-state index in [1.165, 1.54) is 0 Å². The van der Waals surface area contributed by atoms with Crippen LogP contribution >= 0.6 is 28.1 Å². The summed E-state index contributed by atoms with van der Waals surface area (Å²) >= 11 is 8.59. The number of hydrogen-bond acceptors (Lipinski definition) is 3. The molecule has 1 saturated heterocycles. The van der Waals surface area contributed by atoms with E-state index in [1.54, 1.807) is 0 Å². The van der Waals surface area contributed by atoms with Crippen molar-refractivity contribution in [1.82, 2.24) is 9.97 Å². The summed E-state index contributed by atoms with van der Waals surface area (Å²) in [4.78, 5) is 7.67. The Hall–Kier alpha value is -0.260. The van der Waals surface area contributed by atoms with Gasteiger partial charge in [-0.3, -0.25) is 0 Å². The first-order valence-corrected chi connectivity index (χ1v) is 6.22. The van der Waals surface area contributed by atoms with E-state index >= 15 is 0 Å². The van der Waals surface area contributed by atoms with Crippen LogP contribution in [0.15, 0.2) is 4.47 Å². The van der Waals surface area contributed by atoms with Gasteiger partial charge in [0.15, 0.2) is 0 Å². The van der Waals surface area contributed by atoms with E-state index in [4.69, 9.17) is 17.0 Å². The van der Waals surface area contributed by atoms with E-state index < -0.39 is 0 Å². The predicted octanol–water partition coefficient (Wildman–Crippen LogP) is 3.10. The monoisotopic (exact) mass is 288 g/mol. The number of nitrogens with zero attached hydrogens (tertiary/aromatic N) is 1. The molecule has 0 saturated carbocycles. The number of rotatable bonds is 1. The third kappa shape index (κ3) is 2.46. The van der Waals surface area contributed by atoms with Crippen molar-refractivity contribution in [2.24, 2.45) is 0 Å². The van der Waals surface area contributed by atoms with E-state index in [-0.39, 0.29) is 0 Å². The zero-order chi connectivity index (χ0) is 10.8. The van der Waals surface area contributed by atoms with Crippen LogP contribution in [0.4, 0.5) is 0 Å². The molecule has 1 aromatic rings. The molecule has 0 aromatic carbocycles. The number of halogens is 1. The summed E-state index contributed by atoms with van der Waals surface area (Å²) in [6.07, 6.45) is 2.22. The van der Waals surface area contributed by atoms with E-state index in [1.807, 2.05) is 6.92 Å². The second kappa shape index (κ2) is 4.72. The third-order valence-corrected chi connectivity index (χ3v) is 4.13. The number of aromatic amines is 1. The summed E-state index contributed by atoms with van der Waals surface area (Å²) in [6, 6.07) is 0. The normalized spacial score (nSPS) is 21.6. The van der Waals surface area contributed by atoms with Crippen molar-refractivity contribution >= 4 is 28.1 Å². The van der Waals surface area contributed by atoms with Gasteiger partial charge in [0.2, 0.25) is 0 Å². The highest BCUT2D eigenvalue weighted by molar-refractivity contribution is 9.10. The quantitative estimate of drug-likeness (QED) is 0.807. The Morgan fingerprint density at radius 3 is 3.00 bits per heavy atom. The van der Waals surface area contributed by atoms with E-state index in [9.17, 15) is 0 Å². The zero-order valence-electron chi connectivity index (χ0n) is 8.55. The lowest BCUT2D eigenvalue weighted by Crippen LogP contribution is -2.18. The van der Waals surface area contributed by atoms with Gasteiger partial charge in [-0.25, -0.2) is 4.98 Å². The van der Waals surface area contributed by atoms with Crippen molar-refractivity contribution in [3.63, 3.8) is 0 Å². The minimum atomic E-state index is 0.368. The van der Waals surface area contributed by atoms with Crippen LogP contribution in [0.2, 0.25) is 0 Å². The standard InChI is InChI=1S/C10H13BrN2OS/c1-6-8(11)10(15)13-9(12-6)7-3-2-4-14-5-7/h7H,2-5H2,1H3,(H,12,13,15). The zero-order valence-corrected chi connectivity index (χ0v) is 10.9. The molecule has 1 fully saturated rings. The summed E-state index contributed by atoms with van der Waals surface area (Å²) in [6.45, 7) is 3.61. The van der Waals surface area contributed by atoms with E-state index in [0.717, 1.165) is 42.0 Å². The molecule has 1 unspecified atom stereocenters. The Labute approximate surface area is 102 Å².